The number of carbonyl (C=O) groups is 1. The predicted octanol–water partition coefficient (Wildman–Crippen LogP) is -4.81. The summed E-state index contributed by atoms with van der Waals surface area (Å²) < 4.78 is 180. The Kier molecular flexibility index (Phi) is 21.9. The zero-order valence-electron chi connectivity index (χ0n) is 50.8. The first kappa shape index (κ1) is 73.4. The maximum absolute atomic E-state index is 13.0. The van der Waals surface area contributed by atoms with E-state index in [2.05, 4.69) is 15.3 Å². The Morgan fingerprint density at radius 2 is 1.08 bits per heavy atom. The third-order valence-electron chi connectivity index (χ3n) is 20.7. The highest BCUT2D eigenvalue weighted by molar-refractivity contribution is 7.81. The van der Waals surface area contributed by atoms with Crippen molar-refractivity contribution >= 4 is 37.0 Å². The molecule has 5 aliphatic heterocycles. The molecule has 2 saturated carbocycles. The van der Waals surface area contributed by atoms with E-state index >= 15 is 0 Å². The molecule has 38 heteroatoms. The first-order chi connectivity index (χ1) is 42.1. The second-order valence-electron chi connectivity index (χ2n) is 26.5. The number of Topliss-reactive ketones (excluding diaryl/α,β-unsaturated/α-hetero) is 1. The quantitative estimate of drug-likeness (QED) is 0.0402. The number of fused-ring (bicyclic) bond motifs is 4. The average molecular weight is 1380 g/mol. The highest BCUT2D eigenvalue weighted by atomic mass is 32.3. The van der Waals surface area contributed by atoms with Crippen molar-refractivity contribution in [2.45, 2.75) is 247 Å². The number of aliphatic hydroxyl groups excluding tert-OH is 11. The number of ketones is 1. The molecule has 35 nitrogen and oxygen atoms in total. The normalized spacial score (nSPS) is 48.9. The van der Waals surface area contributed by atoms with E-state index in [0.717, 1.165) is 12.7 Å². The van der Waals surface area contributed by atoms with Gasteiger partial charge in [0.25, 0.3) is 0 Å². The van der Waals surface area contributed by atoms with Crippen LogP contribution in [0.3, 0.4) is 0 Å². The minimum Gasteiger partial charge on any atom is -0.389 e. The topological polar surface area (TPSA) is 532 Å². The highest BCUT2D eigenvalue weighted by Gasteiger charge is 2.68. The van der Waals surface area contributed by atoms with Gasteiger partial charge in [0.15, 0.2) is 31.5 Å². The van der Waals surface area contributed by atoms with Crippen LogP contribution in [0, 0.1) is 33.5 Å². The van der Waals surface area contributed by atoms with Gasteiger partial charge in [-0.1, -0.05) is 34.6 Å². The summed E-state index contributed by atoms with van der Waals surface area (Å²) in [5.41, 5.74) is -1.57. The molecule has 0 radical (unpaired) electrons. The van der Waals surface area contributed by atoms with Crippen LogP contribution < -0.4 is 0 Å². The van der Waals surface area contributed by atoms with Crippen LogP contribution in [0.5, 0.6) is 0 Å². The molecule has 0 aromatic heterocycles. The lowest BCUT2D eigenvalue weighted by molar-refractivity contribution is -0.402. The largest absolute Gasteiger partial charge is 0.397 e. The first-order valence-electron chi connectivity index (χ1n) is 29.7. The Morgan fingerprint density at radius 3 is 1.65 bits per heavy atom. The van der Waals surface area contributed by atoms with Gasteiger partial charge < -0.3 is 108 Å². The molecule has 0 spiro atoms. The average Bonchev–Trinajstić information content (AvgIpc) is 1.67. The van der Waals surface area contributed by atoms with E-state index in [9.17, 15) is 99.9 Å². The van der Waals surface area contributed by atoms with Gasteiger partial charge >= 0.3 is 31.2 Å². The number of rotatable bonds is 20. The molecule has 0 aromatic carbocycles. The van der Waals surface area contributed by atoms with E-state index < -0.39 is 245 Å². The van der Waals surface area contributed by atoms with Crippen molar-refractivity contribution in [3.8, 4) is 0 Å². The lowest BCUT2D eigenvalue weighted by atomic mass is 9.42. The van der Waals surface area contributed by atoms with E-state index in [1.807, 2.05) is 27.7 Å². The summed E-state index contributed by atoms with van der Waals surface area (Å²) >= 11 is 0. The summed E-state index contributed by atoms with van der Waals surface area (Å²) in [4.78, 5) is 13.0. The lowest BCUT2D eigenvalue weighted by Gasteiger charge is -2.64. The molecule has 526 valence electrons. The van der Waals surface area contributed by atoms with E-state index in [1.165, 1.54) is 6.92 Å². The minimum atomic E-state index is -5.51. The fourth-order valence-electron chi connectivity index (χ4n) is 16.0. The van der Waals surface area contributed by atoms with Gasteiger partial charge in [0, 0.05) is 13.0 Å². The molecule has 91 heavy (non-hydrogen) atoms. The van der Waals surface area contributed by atoms with E-state index in [0.29, 0.717) is 24.8 Å². The van der Waals surface area contributed by atoms with Crippen molar-refractivity contribution in [1.82, 2.24) is 0 Å². The van der Waals surface area contributed by atoms with Crippen LogP contribution >= 0.6 is 0 Å². The van der Waals surface area contributed by atoms with E-state index in [1.54, 1.807) is 6.92 Å². The fraction of sp³-hybridized carbons (Fsp3) is 0.943. The fourth-order valence-corrected chi connectivity index (χ4v) is 17.2. The molecule has 9 aliphatic rings. The maximum Gasteiger partial charge on any atom is 0.397 e. The minimum absolute atomic E-state index is 0.00684. The van der Waals surface area contributed by atoms with Crippen molar-refractivity contribution in [3.05, 3.63) is 11.1 Å². The van der Waals surface area contributed by atoms with Crippen LogP contribution in [0.25, 0.3) is 0 Å². The van der Waals surface area contributed by atoms with Crippen LogP contribution in [-0.2, 0) is 101 Å². The molecular weight excluding hydrogens is 1290 g/mol. The number of hydrogen-bond acceptors (Lipinski definition) is 32. The Hall–Kier alpha value is -1.86. The monoisotopic (exact) mass is 1380 g/mol. The molecule has 9 rings (SSSR count). The Balaban J connectivity index is 1.02. The molecule has 0 amide bonds. The summed E-state index contributed by atoms with van der Waals surface area (Å²) in [7, 11) is -15.0. The number of aliphatic hydroxyl groups is 11. The zero-order chi connectivity index (χ0) is 67.4. The molecule has 7 fully saturated rings. The molecule has 0 bridgehead atoms. The summed E-state index contributed by atoms with van der Waals surface area (Å²) in [6, 6.07) is 0. The second kappa shape index (κ2) is 27.1. The lowest BCUT2D eigenvalue weighted by Crippen LogP contribution is -2.68. The summed E-state index contributed by atoms with van der Waals surface area (Å²) in [6.45, 7) is 8.76. The Morgan fingerprint density at radius 1 is 0.538 bits per heavy atom. The molecular formula is C53H86O35S3. The van der Waals surface area contributed by atoms with Gasteiger partial charge in [-0.3, -0.25) is 18.5 Å². The Labute approximate surface area is 524 Å². The molecule has 31 atom stereocenters. The predicted molar refractivity (Wildman–Crippen MR) is 294 cm³/mol. The van der Waals surface area contributed by atoms with Crippen molar-refractivity contribution in [3.63, 3.8) is 0 Å². The van der Waals surface area contributed by atoms with Crippen molar-refractivity contribution in [1.29, 1.82) is 0 Å². The maximum atomic E-state index is 13.0. The van der Waals surface area contributed by atoms with Crippen LogP contribution in [0.2, 0.25) is 0 Å². The number of ether oxygens (including phenoxy) is 11. The molecule has 14 N–H and O–H groups in total. The van der Waals surface area contributed by atoms with Crippen molar-refractivity contribution in [2.75, 3.05) is 33.5 Å². The van der Waals surface area contributed by atoms with E-state index in [4.69, 9.17) is 56.3 Å². The standard InChI is InChI=1S/C53H86O35S3/c1-19(54)21-9-12-52(6)31-22(55)13-28-50(3,4)29(10-11-51(28,5)30(31)23(56)14-53(21,52)7)83-48-44(40(25(58)16-77-48)88-91(72,73)74)87-49-43(86-45-35(62)32(59)24(57)15-76-45)36(63)39(20(2)80-49)84-47-38(65)42(34(61)27(82-47)18-79-90(69,70)71)85-46-37(64)41(75-8)33(60)26(81-46)17-78-89(66,67)68/h20-29,32-49,55-65H,9-18H2,1-8H3,(H,66,67,68)(H,69,70,71)(H,72,73,74)/t20-,21-,22+,23+,24-,25-,26-,27-,28?,29+,32+,33-,34-,35-,36+,37-,38-,39-,40+,41+,42+,43-,44-,45+,46+,47+,48+,49+,51+,52+,53-/m1/s1. The van der Waals surface area contributed by atoms with E-state index in [-0.39, 0.29) is 31.0 Å². The SMILES string of the molecule is CO[C@@H]1[C@@H](O)[C@H](O[C@@H]2[C@@H](O)[C@H](O[C@H]3[C@H](O)[C@@H](O[C@@H]4OC[C@@H](O)[C@H](O)[C@H]4O)[C@H](O[C@H]4[C@H](O[C@H]5CC[C@]6(C)C7=C([C@@H](O)CC6C5(C)C)[C@]5(C)CC[C@H](C(C)=O)[C@@]5(C)C[C@@H]7O)OC[C@@H](O)[C@@H]4OS(=O)(=O)O)O[C@@H]3C)O[C@H](COS(=O)(=O)O)[C@H]2O)O[C@H](COS(=O)(=O)O)[C@H]1O. The molecule has 0 aromatic rings. The van der Waals surface area contributed by atoms with Gasteiger partial charge in [-0.05, 0) is 91.1 Å². The molecule has 5 saturated heterocycles. The van der Waals surface area contributed by atoms with Crippen LogP contribution in [0.1, 0.15) is 87.0 Å². The van der Waals surface area contributed by atoms with Crippen LogP contribution in [0.15, 0.2) is 11.1 Å². The number of methoxy groups -OCH3 is 1. The van der Waals surface area contributed by atoms with Crippen LogP contribution in [0.4, 0.5) is 0 Å². The highest BCUT2D eigenvalue weighted by Crippen LogP contribution is 2.72. The van der Waals surface area contributed by atoms with Gasteiger partial charge in [-0.2, -0.15) is 25.3 Å². The Bertz CT molecular complexity index is 2960. The first-order valence-corrected chi connectivity index (χ1v) is 33.8. The van der Waals surface area contributed by atoms with Gasteiger partial charge in [-0.25, -0.2) is 12.5 Å². The molecule has 4 aliphatic carbocycles. The van der Waals surface area contributed by atoms with Crippen LogP contribution in [-0.4, -0.2) is 294 Å². The third kappa shape index (κ3) is 14.4. The molecule has 1 unspecified atom stereocenters. The summed E-state index contributed by atoms with van der Waals surface area (Å²) in [5.74, 6) is -0.773. The summed E-state index contributed by atoms with van der Waals surface area (Å²) in [6.07, 6.45) is -47.4. The van der Waals surface area contributed by atoms with Crippen molar-refractivity contribution < 1.29 is 165 Å². The zero-order valence-corrected chi connectivity index (χ0v) is 53.2. The van der Waals surface area contributed by atoms with Gasteiger partial charge in [0.05, 0.1) is 50.8 Å². The van der Waals surface area contributed by atoms with Gasteiger partial charge in [0.2, 0.25) is 0 Å². The molecule has 5 heterocycles. The smallest absolute Gasteiger partial charge is 0.389 e. The summed E-state index contributed by atoms with van der Waals surface area (Å²) in [5, 5.41) is 126. The number of hydrogen-bond donors (Lipinski definition) is 14. The van der Waals surface area contributed by atoms with Gasteiger partial charge in [0.1, 0.15) is 110 Å². The van der Waals surface area contributed by atoms with Crippen molar-refractivity contribution in [2.24, 2.45) is 33.5 Å². The number of carbonyl (C=O) groups excluding carboxylic acids is 1. The third-order valence-corrected chi connectivity index (χ3v) is 22.1. The second-order valence-corrected chi connectivity index (χ2v) is 29.7. The van der Waals surface area contributed by atoms with Gasteiger partial charge in [-0.15, -0.1) is 0 Å².